The van der Waals surface area contributed by atoms with Gasteiger partial charge < -0.3 is 9.80 Å². The van der Waals surface area contributed by atoms with Crippen molar-refractivity contribution < 1.29 is 0 Å². The molecule has 0 amide bonds. The minimum atomic E-state index is 0.137. The van der Waals surface area contributed by atoms with Crippen LogP contribution in [-0.2, 0) is 0 Å². The van der Waals surface area contributed by atoms with E-state index in [0.717, 1.165) is 22.7 Å². The summed E-state index contributed by atoms with van der Waals surface area (Å²) in [6, 6.07) is 63.7. The highest BCUT2D eigenvalue weighted by atomic mass is 32.2. The van der Waals surface area contributed by atoms with E-state index in [2.05, 4.69) is 186 Å². The third-order valence-corrected chi connectivity index (χ3v) is 10.2. The minimum absolute atomic E-state index is 0.137. The van der Waals surface area contributed by atoms with Crippen LogP contribution in [0.15, 0.2) is 186 Å². The van der Waals surface area contributed by atoms with Crippen LogP contribution in [0.25, 0.3) is 11.1 Å². The maximum absolute atomic E-state index is 2.46. The lowest BCUT2D eigenvalue weighted by atomic mass is 9.35. The molecule has 2 aliphatic rings. The molecule has 0 aromatic heterocycles. The second-order valence-electron chi connectivity index (χ2n) is 11.8. The van der Waals surface area contributed by atoms with E-state index in [0.29, 0.717) is 0 Å². The molecule has 0 aliphatic carbocycles. The molecule has 0 fully saturated rings. The summed E-state index contributed by atoms with van der Waals surface area (Å²) < 4.78 is 0. The van der Waals surface area contributed by atoms with E-state index in [9.17, 15) is 0 Å². The summed E-state index contributed by atoms with van der Waals surface area (Å²) in [4.78, 5) is 7.47. The van der Waals surface area contributed by atoms with Crippen LogP contribution in [0, 0.1) is 0 Å². The Bertz CT molecular complexity index is 2150. The van der Waals surface area contributed by atoms with Gasteiger partial charge >= 0.3 is 0 Å². The number of anilines is 6. The van der Waals surface area contributed by atoms with Crippen molar-refractivity contribution >= 4 is 69.0 Å². The fourth-order valence-electron chi connectivity index (χ4n) is 7.07. The van der Waals surface area contributed by atoms with E-state index in [1.54, 1.807) is 0 Å². The number of fused-ring (bicyclic) bond motifs is 4. The second kappa shape index (κ2) is 11.2. The number of rotatable bonds is 5. The summed E-state index contributed by atoms with van der Waals surface area (Å²) in [5.74, 6) is 0. The standard InChI is InChI=1S/C42H29BN2S/c1-5-14-30(15-6-1)31-24-26-37-41(28-31)46-40-23-13-22-38-42(40)43(37)36-27-25-35(29-39(36)45(38)34-20-11-4-12-21-34)44(32-16-7-2-8-17-32)33-18-9-3-10-19-33/h1-29H. The van der Waals surface area contributed by atoms with Crippen LogP contribution in [0.5, 0.6) is 0 Å². The average molecular weight is 605 g/mol. The van der Waals surface area contributed by atoms with Gasteiger partial charge in [0.2, 0.25) is 6.71 Å². The van der Waals surface area contributed by atoms with Gasteiger partial charge in [-0.25, -0.2) is 0 Å². The summed E-state index contributed by atoms with van der Waals surface area (Å²) in [5, 5.41) is 0. The van der Waals surface area contributed by atoms with E-state index in [1.807, 2.05) is 11.8 Å². The molecule has 0 bridgehead atoms. The van der Waals surface area contributed by atoms with Crippen molar-refractivity contribution in [3.8, 4) is 11.1 Å². The van der Waals surface area contributed by atoms with Crippen molar-refractivity contribution in [2.45, 2.75) is 9.79 Å². The van der Waals surface area contributed by atoms with Gasteiger partial charge in [-0.1, -0.05) is 126 Å². The second-order valence-corrected chi connectivity index (χ2v) is 12.8. The van der Waals surface area contributed by atoms with E-state index in [1.165, 1.54) is 48.7 Å². The van der Waals surface area contributed by atoms with E-state index < -0.39 is 0 Å². The molecule has 4 heteroatoms. The Morgan fingerprint density at radius 3 is 1.76 bits per heavy atom. The predicted molar refractivity (Wildman–Crippen MR) is 196 cm³/mol. The first-order chi connectivity index (χ1) is 22.8. The van der Waals surface area contributed by atoms with Gasteiger partial charge in [0.1, 0.15) is 0 Å². The fraction of sp³-hybridized carbons (Fsp3) is 0. The van der Waals surface area contributed by atoms with Gasteiger partial charge in [0, 0.05) is 43.9 Å². The highest BCUT2D eigenvalue weighted by Crippen LogP contribution is 2.44. The zero-order chi connectivity index (χ0) is 30.5. The van der Waals surface area contributed by atoms with Gasteiger partial charge in [0.05, 0.1) is 0 Å². The molecule has 7 aromatic carbocycles. The summed E-state index contributed by atoms with van der Waals surface area (Å²) in [5.41, 5.74) is 13.6. The molecule has 0 N–H and O–H groups in total. The number of hydrogen-bond donors (Lipinski definition) is 0. The van der Waals surface area contributed by atoms with Crippen LogP contribution in [-0.4, -0.2) is 6.71 Å². The van der Waals surface area contributed by atoms with E-state index in [4.69, 9.17) is 0 Å². The molecule has 7 aromatic rings. The van der Waals surface area contributed by atoms with Crippen molar-refractivity contribution in [1.82, 2.24) is 0 Å². The van der Waals surface area contributed by atoms with Gasteiger partial charge in [-0.2, -0.15) is 0 Å². The van der Waals surface area contributed by atoms with E-state index in [-0.39, 0.29) is 6.71 Å². The quantitative estimate of drug-likeness (QED) is 0.181. The highest BCUT2D eigenvalue weighted by molar-refractivity contribution is 8.00. The van der Waals surface area contributed by atoms with Crippen LogP contribution in [0.2, 0.25) is 0 Å². The molecular formula is C42H29BN2S. The Labute approximate surface area is 274 Å². The maximum atomic E-state index is 2.46. The highest BCUT2D eigenvalue weighted by Gasteiger charge is 2.41. The SMILES string of the molecule is c1ccc(-c2ccc3c(c2)Sc2cccc4c2B3c2ccc(N(c3ccccc3)c3ccccc3)cc2N4c2ccccc2)cc1. The normalized spacial score (nSPS) is 12.6. The molecule has 0 saturated carbocycles. The molecular weight excluding hydrogens is 575 g/mol. The van der Waals surface area contributed by atoms with Crippen LogP contribution in [0.1, 0.15) is 0 Å². The lowest BCUT2D eigenvalue weighted by Gasteiger charge is -2.41. The molecule has 0 saturated heterocycles. The first kappa shape index (κ1) is 26.9. The third-order valence-electron chi connectivity index (χ3n) is 9.09. The molecule has 2 heterocycles. The average Bonchev–Trinajstić information content (AvgIpc) is 3.13. The summed E-state index contributed by atoms with van der Waals surface area (Å²) >= 11 is 1.90. The zero-order valence-corrected chi connectivity index (χ0v) is 25.9. The van der Waals surface area contributed by atoms with Crippen LogP contribution in [0.4, 0.5) is 34.1 Å². The van der Waals surface area contributed by atoms with Crippen LogP contribution in [0.3, 0.4) is 0 Å². The Balaban J connectivity index is 1.27. The zero-order valence-electron chi connectivity index (χ0n) is 25.1. The molecule has 9 rings (SSSR count). The first-order valence-corrected chi connectivity index (χ1v) is 16.5. The molecule has 216 valence electrons. The van der Waals surface area contributed by atoms with Gasteiger partial charge in [-0.3, -0.25) is 0 Å². The van der Waals surface area contributed by atoms with Gasteiger partial charge in [0.25, 0.3) is 0 Å². The molecule has 0 radical (unpaired) electrons. The maximum Gasteiger partial charge on any atom is 0.249 e. The Morgan fingerprint density at radius 1 is 0.435 bits per heavy atom. The number of para-hydroxylation sites is 3. The lowest BCUT2D eigenvalue weighted by Crippen LogP contribution is -2.59. The van der Waals surface area contributed by atoms with Gasteiger partial charge in [-0.15, -0.1) is 0 Å². The number of hydrogen-bond acceptors (Lipinski definition) is 3. The summed E-state index contributed by atoms with van der Waals surface area (Å²) in [6.45, 7) is 0.137. The van der Waals surface area contributed by atoms with Crippen LogP contribution < -0.4 is 26.2 Å². The summed E-state index contributed by atoms with van der Waals surface area (Å²) in [6.07, 6.45) is 0. The lowest BCUT2D eigenvalue weighted by molar-refractivity contribution is 1.24. The summed E-state index contributed by atoms with van der Waals surface area (Å²) in [7, 11) is 0. The monoisotopic (exact) mass is 604 g/mol. The fourth-order valence-corrected chi connectivity index (χ4v) is 8.28. The first-order valence-electron chi connectivity index (χ1n) is 15.7. The number of benzene rings is 7. The van der Waals surface area contributed by atoms with Crippen molar-refractivity contribution in [1.29, 1.82) is 0 Å². The van der Waals surface area contributed by atoms with Crippen LogP contribution >= 0.6 is 11.8 Å². The van der Waals surface area contributed by atoms with Crippen molar-refractivity contribution in [2.24, 2.45) is 0 Å². The predicted octanol–water partition coefficient (Wildman–Crippen LogP) is 9.59. The smallest absolute Gasteiger partial charge is 0.249 e. The molecule has 0 atom stereocenters. The molecule has 0 spiro atoms. The van der Waals surface area contributed by atoms with E-state index >= 15 is 0 Å². The molecule has 2 nitrogen and oxygen atoms in total. The Hall–Kier alpha value is -5.45. The third kappa shape index (κ3) is 4.45. The molecule has 46 heavy (non-hydrogen) atoms. The van der Waals surface area contributed by atoms with Crippen molar-refractivity contribution in [3.05, 3.63) is 176 Å². The van der Waals surface area contributed by atoms with Crippen molar-refractivity contribution in [2.75, 3.05) is 9.80 Å². The minimum Gasteiger partial charge on any atom is -0.311 e. The van der Waals surface area contributed by atoms with Gasteiger partial charge in [0.15, 0.2) is 0 Å². The topological polar surface area (TPSA) is 6.48 Å². The largest absolute Gasteiger partial charge is 0.311 e. The Morgan fingerprint density at radius 2 is 1.07 bits per heavy atom. The van der Waals surface area contributed by atoms with Crippen molar-refractivity contribution in [3.63, 3.8) is 0 Å². The molecule has 0 unspecified atom stereocenters. The Kier molecular flexibility index (Phi) is 6.54. The van der Waals surface area contributed by atoms with Gasteiger partial charge in [-0.05, 0) is 88.8 Å². The number of nitrogens with zero attached hydrogens (tertiary/aromatic N) is 2. The molecule has 2 aliphatic heterocycles.